The fraction of sp³-hybridized carbons (Fsp3) is 0.667. The highest BCUT2D eigenvalue weighted by atomic mass is 35.5. The molecule has 1 aliphatic heterocycles. The summed E-state index contributed by atoms with van der Waals surface area (Å²) < 4.78 is 4.74. The quantitative estimate of drug-likeness (QED) is 0.557. The van der Waals surface area contributed by atoms with E-state index in [1.54, 1.807) is 6.08 Å². The van der Waals surface area contributed by atoms with Gasteiger partial charge in [-0.05, 0) is 25.8 Å². The molecule has 3 nitrogen and oxygen atoms in total. The van der Waals surface area contributed by atoms with Gasteiger partial charge < -0.3 is 10.1 Å². The summed E-state index contributed by atoms with van der Waals surface area (Å²) in [4.78, 5) is 11.4. The topological polar surface area (TPSA) is 38.3 Å². The molecule has 0 spiro atoms. The Hall–Kier alpha value is -0.540. The van der Waals surface area contributed by atoms with Gasteiger partial charge in [0.1, 0.15) is 5.54 Å². The Labute approximate surface area is 84.9 Å². The summed E-state index contributed by atoms with van der Waals surface area (Å²) in [6.07, 6.45) is 4.30. The van der Waals surface area contributed by atoms with Crippen LogP contribution >= 0.6 is 12.4 Å². The van der Waals surface area contributed by atoms with Gasteiger partial charge in [-0.2, -0.15) is 0 Å². The van der Waals surface area contributed by atoms with E-state index in [2.05, 4.69) is 11.9 Å². The molecule has 1 N–H and O–H groups in total. The highest BCUT2D eigenvalue weighted by Crippen LogP contribution is 2.24. The summed E-state index contributed by atoms with van der Waals surface area (Å²) in [6.45, 7) is 4.53. The minimum absolute atomic E-state index is 0. The van der Waals surface area contributed by atoms with Gasteiger partial charge in [-0.15, -0.1) is 19.0 Å². The predicted molar refractivity (Wildman–Crippen MR) is 54.0 cm³/mol. The average Bonchev–Trinajstić information content (AvgIpc) is 2.53. The van der Waals surface area contributed by atoms with E-state index in [0.29, 0.717) is 6.42 Å². The van der Waals surface area contributed by atoms with Gasteiger partial charge in [0, 0.05) is 0 Å². The Morgan fingerprint density at radius 3 is 2.85 bits per heavy atom. The van der Waals surface area contributed by atoms with Crippen LogP contribution in [-0.2, 0) is 9.53 Å². The third-order valence-electron chi connectivity index (χ3n) is 2.31. The van der Waals surface area contributed by atoms with Crippen LogP contribution in [0.5, 0.6) is 0 Å². The van der Waals surface area contributed by atoms with Crippen molar-refractivity contribution in [1.29, 1.82) is 0 Å². The summed E-state index contributed by atoms with van der Waals surface area (Å²) in [5.41, 5.74) is -0.476. The van der Waals surface area contributed by atoms with E-state index in [4.69, 9.17) is 4.74 Å². The van der Waals surface area contributed by atoms with Crippen LogP contribution in [0.2, 0.25) is 0 Å². The zero-order chi connectivity index (χ0) is 9.03. The SMILES string of the molecule is C=CCC1(C(=O)OC)CCCN1.Cl. The fourth-order valence-corrected chi connectivity index (χ4v) is 1.68. The van der Waals surface area contributed by atoms with Crippen molar-refractivity contribution in [3.05, 3.63) is 12.7 Å². The van der Waals surface area contributed by atoms with Gasteiger partial charge in [0.25, 0.3) is 0 Å². The largest absolute Gasteiger partial charge is 0.468 e. The zero-order valence-electron chi connectivity index (χ0n) is 7.84. The summed E-state index contributed by atoms with van der Waals surface area (Å²) in [6, 6.07) is 0. The number of carbonyl (C=O) groups is 1. The first-order chi connectivity index (χ1) is 5.75. The molecule has 13 heavy (non-hydrogen) atoms. The number of nitrogens with one attached hydrogen (secondary N) is 1. The van der Waals surface area contributed by atoms with Gasteiger partial charge in [0.15, 0.2) is 0 Å². The lowest BCUT2D eigenvalue weighted by Gasteiger charge is -2.24. The minimum Gasteiger partial charge on any atom is -0.468 e. The molecule has 1 unspecified atom stereocenters. The molecule has 1 rings (SSSR count). The number of halogens is 1. The normalized spacial score (nSPS) is 26.2. The molecule has 1 heterocycles. The molecule has 0 saturated carbocycles. The highest BCUT2D eigenvalue weighted by Gasteiger charge is 2.40. The van der Waals surface area contributed by atoms with Crippen molar-refractivity contribution < 1.29 is 9.53 Å². The summed E-state index contributed by atoms with van der Waals surface area (Å²) in [5, 5.41) is 3.18. The Balaban J connectivity index is 0.00000144. The lowest BCUT2D eigenvalue weighted by atomic mass is 9.93. The molecule has 1 saturated heterocycles. The van der Waals surface area contributed by atoms with E-state index in [1.807, 2.05) is 0 Å². The third-order valence-corrected chi connectivity index (χ3v) is 2.31. The maximum atomic E-state index is 11.4. The monoisotopic (exact) mass is 205 g/mol. The van der Waals surface area contributed by atoms with Crippen molar-refractivity contribution in [3.63, 3.8) is 0 Å². The Kier molecular flexibility index (Phi) is 5.03. The van der Waals surface area contributed by atoms with Gasteiger partial charge in [-0.25, -0.2) is 0 Å². The molecule has 1 fully saturated rings. The Bertz CT molecular complexity index is 188. The summed E-state index contributed by atoms with van der Waals surface area (Å²) in [5.74, 6) is -0.167. The van der Waals surface area contributed by atoms with Crippen LogP contribution in [0.1, 0.15) is 19.3 Å². The molecular formula is C9H16ClNO2. The van der Waals surface area contributed by atoms with Crippen LogP contribution < -0.4 is 5.32 Å². The van der Waals surface area contributed by atoms with Crippen LogP contribution in [-0.4, -0.2) is 25.2 Å². The number of hydrogen-bond acceptors (Lipinski definition) is 3. The Morgan fingerprint density at radius 2 is 2.46 bits per heavy atom. The van der Waals surface area contributed by atoms with E-state index < -0.39 is 5.54 Å². The predicted octanol–water partition coefficient (Wildman–Crippen LogP) is 1.28. The van der Waals surface area contributed by atoms with Crippen LogP contribution in [0.25, 0.3) is 0 Å². The van der Waals surface area contributed by atoms with Gasteiger partial charge in [-0.3, -0.25) is 4.79 Å². The second-order valence-electron chi connectivity index (χ2n) is 3.10. The molecular weight excluding hydrogens is 190 g/mol. The van der Waals surface area contributed by atoms with Crippen molar-refractivity contribution in [2.75, 3.05) is 13.7 Å². The van der Waals surface area contributed by atoms with Crippen molar-refractivity contribution in [2.24, 2.45) is 0 Å². The van der Waals surface area contributed by atoms with Crippen LogP contribution in [0.3, 0.4) is 0 Å². The van der Waals surface area contributed by atoms with E-state index in [0.717, 1.165) is 19.4 Å². The van der Waals surface area contributed by atoms with E-state index in [9.17, 15) is 4.79 Å². The second kappa shape index (κ2) is 5.25. The van der Waals surface area contributed by atoms with Gasteiger partial charge in [0.2, 0.25) is 0 Å². The van der Waals surface area contributed by atoms with Crippen LogP contribution in [0.15, 0.2) is 12.7 Å². The maximum Gasteiger partial charge on any atom is 0.326 e. The average molecular weight is 206 g/mol. The van der Waals surface area contributed by atoms with Crippen molar-refractivity contribution in [3.8, 4) is 0 Å². The standard InChI is InChI=1S/C9H15NO2.ClH/c1-3-5-9(8(11)12-2)6-4-7-10-9;/h3,10H,1,4-7H2,2H3;1H. The third kappa shape index (κ3) is 2.45. The number of carbonyl (C=O) groups excluding carboxylic acids is 1. The number of ether oxygens (including phenoxy) is 1. The molecule has 0 bridgehead atoms. The molecule has 0 aromatic heterocycles. The lowest BCUT2D eigenvalue weighted by molar-refractivity contribution is -0.147. The molecule has 1 aliphatic rings. The van der Waals surface area contributed by atoms with Gasteiger partial charge in [0.05, 0.1) is 7.11 Å². The van der Waals surface area contributed by atoms with Gasteiger partial charge in [-0.1, -0.05) is 6.08 Å². The maximum absolute atomic E-state index is 11.4. The zero-order valence-corrected chi connectivity index (χ0v) is 8.65. The molecule has 1 atom stereocenters. The Morgan fingerprint density at radius 1 is 1.77 bits per heavy atom. The second-order valence-corrected chi connectivity index (χ2v) is 3.10. The number of hydrogen-bond donors (Lipinski definition) is 1. The number of rotatable bonds is 3. The van der Waals surface area contributed by atoms with Crippen LogP contribution in [0, 0.1) is 0 Å². The molecule has 0 aliphatic carbocycles. The minimum atomic E-state index is -0.476. The smallest absolute Gasteiger partial charge is 0.326 e. The highest BCUT2D eigenvalue weighted by molar-refractivity contribution is 5.85. The van der Waals surface area contributed by atoms with E-state index in [1.165, 1.54) is 7.11 Å². The molecule has 0 aromatic rings. The summed E-state index contributed by atoms with van der Waals surface area (Å²) in [7, 11) is 1.42. The van der Waals surface area contributed by atoms with Crippen molar-refractivity contribution in [2.45, 2.75) is 24.8 Å². The van der Waals surface area contributed by atoms with Gasteiger partial charge >= 0.3 is 5.97 Å². The van der Waals surface area contributed by atoms with Crippen molar-refractivity contribution in [1.82, 2.24) is 5.32 Å². The van der Waals surface area contributed by atoms with Crippen LogP contribution in [0.4, 0.5) is 0 Å². The molecule has 76 valence electrons. The molecule has 0 aromatic carbocycles. The first kappa shape index (κ1) is 12.5. The fourth-order valence-electron chi connectivity index (χ4n) is 1.68. The van der Waals surface area contributed by atoms with E-state index >= 15 is 0 Å². The lowest BCUT2D eigenvalue weighted by Crippen LogP contribution is -2.47. The molecule has 4 heteroatoms. The van der Waals surface area contributed by atoms with Crippen molar-refractivity contribution >= 4 is 18.4 Å². The number of methoxy groups -OCH3 is 1. The van der Waals surface area contributed by atoms with E-state index in [-0.39, 0.29) is 18.4 Å². The molecule has 0 radical (unpaired) electrons. The molecule has 0 amide bonds. The summed E-state index contributed by atoms with van der Waals surface area (Å²) >= 11 is 0. The first-order valence-corrected chi connectivity index (χ1v) is 4.19. The first-order valence-electron chi connectivity index (χ1n) is 4.19. The number of esters is 1.